The molecule has 0 bridgehead atoms. The summed E-state index contributed by atoms with van der Waals surface area (Å²) in [5.41, 5.74) is -0.607. The number of aliphatic hydroxyl groups is 1. The predicted octanol–water partition coefficient (Wildman–Crippen LogP) is 7.29. The molecular formula is C28H43NO3. The highest BCUT2D eigenvalue weighted by molar-refractivity contribution is 5.89. The van der Waals surface area contributed by atoms with Gasteiger partial charge in [-0.1, -0.05) is 107 Å². The second-order valence-corrected chi connectivity index (χ2v) is 9.15. The SMILES string of the molecule is CCCCCCCCCCC(C)(O)C(C)(Cc1ccccc1)OC(=O)c1ccccc1.N. The molecule has 0 aliphatic heterocycles. The van der Waals surface area contributed by atoms with E-state index in [2.05, 4.69) is 6.92 Å². The zero-order chi connectivity index (χ0) is 22.6. The van der Waals surface area contributed by atoms with E-state index >= 15 is 0 Å². The molecule has 0 saturated heterocycles. The summed E-state index contributed by atoms with van der Waals surface area (Å²) >= 11 is 0. The molecule has 4 heteroatoms. The highest BCUT2D eigenvalue weighted by atomic mass is 16.6. The molecule has 2 rings (SSSR count). The molecule has 0 amide bonds. The van der Waals surface area contributed by atoms with Gasteiger partial charge in [-0.15, -0.1) is 0 Å². The van der Waals surface area contributed by atoms with E-state index in [1.54, 1.807) is 12.1 Å². The van der Waals surface area contributed by atoms with E-state index in [1.165, 1.54) is 38.5 Å². The minimum absolute atomic E-state index is 0. The van der Waals surface area contributed by atoms with Crippen molar-refractivity contribution in [2.24, 2.45) is 0 Å². The van der Waals surface area contributed by atoms with Crippen molar-refractivity contribution in [1.82, 2.24) is 6.15 Å². The molecule has 2 unspecified atom stereocenters. The second kappa shape index (κ2) is 14.1. The highest BCUT2D eigenvalue weighted by Gasteiger charge is 2.46. The molecule has 0 aliphatic rings. The molecule has 2 aromatic carbocycles. The molecule has 0 spiro atoms. The van der Waals surface area contributed by atoms with E-state index in [1.807, 2.05) is 62.4 Å². The number of rotatable bonds is 14. The summed E-state index contributed by atoms with van der Waals surface area (Å²) in [5.74, 6) is -0.393. The van der Waals surface area contributed by atoms with Gasteiger partial charge < -0.3 is 16.0 Å². The van der Waals surface area contributed by atoms with Crippen LogP contribution in [0.25, 0.3) is 0 Å². The third kappa shape index (κ3) is 8.76. The van der Waals surface area contributed by atoms with Crippen LogP contribution in [0.1, 0.15) is 94.5 Å². The minimum Gasteiger partial charge on any atom is -0.452 e. The highest BCUT2D eigenvalue weighted by Crippen LogP contribution is 2.35. The van der Waals surface area contributed by atoms with Gasteiger partial charge in [-0.2, -0.15) is 0 Å². The maximum Gasteiger partial charge on any atom is 0.338 e. The average molecular weight is 442 g/mol. The monoisotopic (exact) mass is 441 g/mol. The Morgan fingerprint density at radius 2 is 1.31 bits per heavy atom. The maximum atomic E-state index is 12.9. The second-order valence-electron chi connectivity index (χ2n) is 9.15. The van der Waals surface area contributed by atoms with Gasteiger partial charge in [-0.05, 0) is 38.0 Å². The summed E-state index contributed by atoms with van der Waals surface area (Å²) in [6, 6.07) is 19.0. The summed E-state index contributed by atoms with van der Waals surface area (Å²) in [6.45, 7) is 5.92. The van der Waals surface area contributed by atoms with Crippen LogP contribution < -0.4 is 6.15 Å². The first kappa shape index (κ1) is 27.9. The minimum atomic E-state index is -1.13. The van der Waals surface area contributed by atoms with Gasteiger partial charge in [0.05, 0.1) is 5.56 Å². The molecule has 0 heterocycles. The first-order chi connectivity index (χ1) is 14.9. The number of unbranched alkanes of at least 4 members (excludes halogenated alkanes) is 7. The number of carbonyl (C=O) groups is 1. The summed E-state index contributed by atoms with van der Waals surface area (Å²) in [7, 11) is 0. The number of ether oxygens (including phenoxy) is 1. The smallest absolute Gasteiger partial charge is 0.338 e. The van der Waals surface area contributed by atoms with Crippen molar-refractivity contribution in [1.29, 1.82) is 0 Å². The Labute approximate surface area is 195 Å². The Kier molecular flexibility index (Phi) is 12.3. The third-order valence-electron chi connectivity index (χ3n) is 6.37. The fourth-order valence-electron chi connectivity index (χ4n) is 4.03. The number of hydrogen-bond acceptors (Lipinski definition) is 4. The van der Waals surface area contributed by atoms with Crippen molar-refractivity contribution in [2.45, 2.75) is 96.2 Å². The first-order valence-electron chi connectivity index (χ1n) is 11.9. The Balaban J connectivity index is 0.00000512. The van der Waals surface area contributed by atoms with Gasteiger partial charge in [0, 0.05) is 6.42 Å². The molecule has 0 saturated carbocycles. The van der Waals surface area contributed by atoms with E-state index in [4.69, 9.17) is 4.74 Å². The number of esters is 1. The molecule has 0 aromatic heterocycles. The normalized spacial score (nSPS) is 14.6. The maximum absolute atomic E-state index is 12.9. The van der Waals surface area contributed by atoms with Crippen molar-refractivity contribution >= 4 is 5.97 Å². The summed E-state index contributed by atoms with van der Waals surface area (Å²) < 4.78 is 6.03. The first-order valence-corrected chi connectivity index (χ1v) is 11.9. The topological polar surface area (TPSA) is 81.5 Å². The van der Waals surface area contributed by atoms with Gasteiger partial charge in [0.2, 0.25) is 0 Å². The van der Waals surface area contributed by atoms with E-state index in [9.17, 15) is 9.90 Å². The van der Waals surface area contributed by atoms with E-state index < -0.39 is 17.2 Å². The summed E-state index contributed by atoms with van der Waals surface area (Å²) in [6.07, 6.45) is 10.7. The molecule has 178 valence electrons. The van der Waals surface area contributed by atoms with Crippen LogP contribution in [-0.4, -0.2) is 22.3 Å². The van der Waals surface area contributed by atoms with Crippen LogP contribution in [0.4, 0.5) is 0 Å². The molecule has 2 atom stereocenters. The van der Waals surface area contributed by atoms with Crippen molar-refractivity contribution < 1.29 is 14.6 Å². The van der Waals surface area contributed by atoms with Gasteiger partial charge in [0.25, 0.3) is 0 Å². The van der Waals surface area contributed by atoms with Crippen molar-refractivity contribution in [3.63, 3.8) is 0 Å². The van der Waals surface area contributed by atoms with Gasteiger partial charge in [0.15, 0.2) is 0 Å². The van der Waals surface area contributed by atoms with Gasteiger partial charge in [-0.25, -0.2) is 4.79 Å². The van der Waals surface area contributed by atoms with E-state index in [-0.39, 0.29) is 6.15 Å². The molecule has 0 aliphatic carbocycles. The number of hydrogen-bond donors (Lipinski definition) is 2. The van der Waals surface area contributed by atoms with Crippen molar-refractivity contribution in [3.8, 4) is 0 Å². The lowest BCUT2D eigenvalue weighted by Crippen LogP contribution is -2.54. The molecule has 0 radical (unpaired) electrons. The lowest BCUT2D eigenvalue weighted by Gasteiger charge is -2.42. The van der Waals surface area contributed by atoms with Crippen LogP contribution in [0.2, 0.25) is 0 Å². The largest absolute Gasteiger partial charge is 0.452 e. The standard InChI is InChI=1S/C28H40O3.H3N/c1-4-5-6-7-8-9-10-17-22-27(2,30)28(3,23-24-18-13-11-14-19-24)31-26(29)25-20-15-12-16-21-25;/h11-16,18-21,30H,4-10,17,22-23H2,1-3H3;1H3. The quantitative estimate of drug-likeness (QED) is 0.238. The van der Waals surface area contributed by atoms with E-state index in [0.29, 0.717) is 18.4 Å². The molecule has 4 nitrogen and oxygen atoms in total. The van der Waals surface area contributed by atoms with Crippen LogP contribution in [0, 0.1) is 0 Å². The van der Waals surface area contributed by atoms with Crippen molar-refractivity contribution in [3.05, 3.63) is 71.8 Å². The van der Waals surface area contributed by atoms with Crippen LogP contribution in [0.3, 0.4) is 0 Å². The number of carbonyl (C=O) groups excluding carboxylic acids is 1. The Bertz CT molecular complexity index is 761. The van der Waals surface area contributed by atoms with Crippen LogP contribution >= 0.6 is 0 Å². The Morgan fingerprint density at radius 1 is 0.812 bits per heavy atom. The van der Waals surface area contributed by atoms with Crippen LogP contribution in [0.15, 0.2) is 60.7 Å². The predicted molar refractivity (Wildman–Crippen MR) is 133 cm³/mol. The van der Waals surface area contributed by atoms with Crippen LogP contribution in [0.5, 0.6) is 0 Å². The molecule has 0 fully saturated rings. The lowest BCUT2D eigenvalue weighted by molar-refractivity contribution is -0.141. The Hall–Kier alpha value is -2.17. The van der Waals surface area contributed by atoms with Gasteiger partial charge in [0.1, 0.15) is 11.2 Å². The molecule has 4 N–H and O–H groups in total. The molecule has 2 aromatic rings. The van der Waals surface area contributed by atoms with Gasteiger partial charge in [-0.3, -0.25) is 0 Å². The fraction of sp³-hybridized carbons (Fsp3) is 0.536. The zero-order valence-corrected chi connectivity index (χ0v) is 20.3. The Morgan fingerprint density at radius 3 is 1.88 bits per heavy atom. The van der Waals surface area contributed by atoms with Crippen LogP contribution in [-0.2, 0) is 11.2 Å². The average Bonchev–Trinajstić information content (AvgIpc) is 2.76. The molecule has 32 heavy (non-hydrogen) atoms. The fourth-order valence-corrected chi connectivity index (χ4v) is 4.03. The van der Waals surface area contributed by atoms with Crippen molar-refractivity contribution in [2.75, 3.05) is 0 Å². The van der Waals surface area contributed by atoms with Gasteiger partial charge >= 0.3 is 5.97 Å². The summed E-state index contributed by atoms with van der Waals surface area (Å²) in [4.78, 5) is 12.9. The van der Waals surface area contributed by atoms with E-state index in [0.717, 1.165) is 18.4 Å². The zero-order valence-electron chi connectivity index (χ0n) is 20.3. The number of benzene rings is 2. The lowest BCUT2D eigenvalue weighted by atomic mass is 9.77. The molecular weight excluding hydrogens is 398 g/mol. The summed E-state index contributed by atoms with van der Waals surface area (Å²) in [5, 5.41) is 11.5. The third-order valence-corrected chi connectivity index (χ3v) is 6.37.